The van der Waals surface area contributed by atoms with Crippen LogP contribution in [0.3, 0.4) is 0 Å². The topological polar surface area (TPSA) is 88.8 Å². The molecule has 3 aromatic rings. The fourth-order valence-corrected chi connectivity index (χ4v) is 2.95. The molecule has 21 heavy (non-hydrogen) atoms. The maximum Gasteiger partial charge on any atom is 0.200 e. The summed E-state index contributed by atoms with van der Waals surface area (Å²) >= 11 is 7.32. The predicted molar refractivity (Wildman–Crippen MR) is 81.1 cm³/mol. The standard InChI is InChI=1S/C13H10ClN5OS/c14-8-4-5-10(9(7-8)12(15)18-20)21-13-17-16-11-3-1-2-6-19(11)13/h1-7,20H,(H2,15,18). The number of pyridine rings is 1. The summed E-state index contributed by atoms with van der Waals surface area (Å²) in [6, 6.07) is 10.8. The van der Waals surface area contributed by atoms with E-state index in [1.807, 2.05) is 28.8 Å². The molecule has 0 fully saturated rings. The van der Waals surface area contributed by atoms with Crippen LogP contribution in [0.4, 0.5) is 0 Å². The van der Waals surface area contributed by atoms with E-state index in [-0.39, 0.29) is 5.84 Å². The normalized spacial score (nSPS) is 12.0. The molecule has 2 heterocycles. The van der Waals surface area contributed by atoms with Crippen LogP contribution >= 0.6 is 23.4 Å². The first-order chi connectivity index (χ1) is 10.2. The lowest BCUT2D eigenvalue weighted by atomic mass is 10.2. The molecule has 6 nitrogen and oxygen atoms in total. The molecule has 0 amide bonds. The molecule has 0 unspecified atom stereocenters. The number of nitrogens with two attached hydrogens (primary N) is 1. The van der Waals surface area contributed by atoms with Crippen LogP contribution in [0.2, 0.25) is 5.02 Å². The monoisotopic (exact) mass is 319 g/mol. The molecule has 3 N–H and O–H groups in total. The smallest absolute Gasteiger partial charge is 0.200 e. The van der Waals surface area contributed by atoms with E-state index in [1.54, 1.807) is 18.2 Å². The molecule has 0 aliphatic heterocycles. The highest BCUT2D eigenvalue weighted by atomic mass is 35.5. The van der Waals surface area contributed by atoms with Gasteiger partial charge < -0.3 is 10.9 Å². The Balaban J connectivity index is 2.06. The number of aromatic nitrogens is 3. The lowest BCUT2D eigenvalue weighted by Gasteiger charge is -2.07. The molecule has 0 spiro atoms. The van der Waals surface area contributed by atoms with Gasteiger partial charge in [0, 0.05) is 21.7 Å². The van der Waals surface area contributed by atoms with Gasteiger partial charge in [-0.15, -0.1) is 10.2 Å². The Morgan fingerprint density at radius 2 is 2.14 bits per heavy atom. The molecular weight excluding hydrogens is 310 g/mol. The van der Waals surface area contributed by atoms with Crippen molar-refractivity contribution in [3.05, 3.63) is 53.2 Å². The molecule has 1 aromatic carbocycles. The summed E-state index contributed by atoms with van der Waals surface area (Å²) in [6.45, 7) is 0. The molecule has 0 aliphatic rings. The lowest BCUT2D eigenvalue weighted by Crippen LogP contribution is -2.14. The lowest BCUT2D eigenvalue weighted by molar-refractivity contribution is 0.318. The molecule has 0 bridgehead atoms. The minimum absolute atomic E-state index is 0.00572. The van der Waals surface area contributed by atoms with Gasteiger partial charge in [0.2, 0.25) is 0 Å². The van der Waals surface area contributed by atoms with E-state index >= 15 is 0 Å². The highest BCUT2D eigenvalue weighted by molar-refractivity contribution is 7.99. The first-order valence-corrected chi connectivity index (χ1v) is 7.13. The van der Waals surface area contributed by atoms with Gasteiger partial charge in [-0.2, -0.15) is 0 Å². The van der Waals surface area contributed by atoms with Crippen molar-refractivity contribution >= 4 is 34.8 Å². The molecule has 0 saturated carbocycles. The maximum absolute atomic E-state index is 8.88. The Labute approximate surface area is 129 Å². The van der Waals surface area contributed by atoms with Gasteiger partial charge in [-0.1, -0.05) is 22.8 Å². The average molecular weight is 320 g/mol. The minimum atomic E-state index is -0.00572. The number of amidine groups is 1. The fraction of sp³-hybridized carbons (Fsp3) is 0. The summed E-state index contributed by atoms with van der Waals surface area (Å²) in [5.74, 6) is -0.00572. The number of oxime groups is 1. The van der Waals surface area contributed by atoms with Gasteiger partial charge in [-0.05, 0) is 42.1 Å². The van der Waals surface area contributed by atoms with E-state index in [0.717, 1.165) is 10.5 Å². The van der Waals surface area contributed by atoms with Crippen LogP contribution in [0.25, 0.3) is 5.65 Å². The van der Waals surface area contributed by atoms with Gasteiger partial charge in [0.1, 0.15) is 0 Å². The van der Waals surface area contributed by atoms with Crippen molar-refractivity contribution in [3.63, 3.8) is 0 Å². The van der Waals surface area contributed by atoms with Crippen molar-refractivity contribution in [2.45, 2.75) is 10.1 Å². The van der Waals surface area contributed by atoms with E-state index in [4.69, 9.17) is 22.5 Å². The van der Waals surface area contributed by atoms with E-state index in [2.05, 4.69) is 15.4 Å². The second-order valence-corrected chi connectivity index (χ2v) is 5.58. The highest BCUT2D eigenvalue weighted by Gasteiger charge is 2.13. The maximum atomic E-state index is 8.88. The number of rotatable bonds is 3. The molecule has 0 aliphatic carbocycles. The SMILES string of the molecule is NC(=NO)c1cc(Cl)ccc1Sc1nnc2ccccn12. The Hall–Kier alpha value is -2.25. The van der Waals surface area contributed by atoms with Crippen LogP contribution in [-0.4, -0.2) is 25.6 Å². The van der Waals surface area contributed by atoms with Gasteiger partial charge >= 0.3 is 0 Å². The van der Waals surface area contributed by atoms with Gasteiger partial charge in [0.15, 0.2) is 16.6 Å². The van der Waals surface area contributed by atoms with Crippen molar-refractivity contribution in [2.75, 3.05) is 0 Å². The Kier molecular flexibility index (Phi) is 3.68. The Morgan fingerprint density at radius 3 is 2.95 bits per heavy atom. The van der Waals surface area contributed by atoms with Gasteiger partial charge in [0.25, 0.3) is 0 Å². The first kappa shape index (κ1) is 13.7. The largest absolute Gasteiger partial charge is 0.409 e. The summed E-state index contributed by atoms with van der Waals surface area (Å²) in [5.41, 5.74) is 6.98. The number of halogens is 1. The molecule has 8 heteroatoms. The van der Waals surface area contributed by atoms with E-state index in [1.165, 1.54) is 11.8 Å². The van der Waals surface area contributed by atoms with Crippen molar-refractivity contribution in [1.82, 2.24) is 14.6 Å². The number of hydrogen-bond donors (Lipinski definition) is 2. The van der Waals surface area contributed by atoms with Gasteiger partial charge in [-0.3, -0.25) is 4.40 Å². The minimum Gasteiger partial charge on any atom is -0.409 e. The summed E-state index contributed by atoms with van der Waals surface area (Å²) in [6.07, 6.45) is 1.87. The zero-order valence-corrected chi connectivity index (χ0v) is 12.2. The predicted octanol–water partition coefficient (Wildman–Crippen LogP) is 2.63. The van der Waals surface area contributed by atoms with Crippen LogP contribution in [0.15, 0.2) is 57.8 Å². The van der Waals surface area contributed by atoms with Crippen LogP contribution in [-0.2, 0) is 0 Å². The second kappa shape index (κ2) is 5.63. The van der Waals surface area contributed by atoms with E-state index in [0.29, 0.717) is 15.7 Å². The molecule has 2 aromatic heterocycles. The molecule has 106 valence electrons. The molecule has 0 atom stereocenters. The number of fused-ring (bicyclic) bond motifs is 1. The zero-order valence-electron chi connectivity index (χ0n) is 10.6. The first-order valence-electron chi connectivity index (χ1n) is 5.94. The summed E-state index contributed by atoms with van der Waals surface area (Å²) in [4.78, 5) is 0.771. The quantitative estimate of drug-likeness (QED) is 0.335. The number of benzene rings is 1. The Morgan fingerprint density at radius 1 is 1.29 bits per heavy atom. The van der Waals surface area contributed by atoms with Gasteiger partial charge in [-0.25, -0.2) is 0 Å². The zero-order chi connectivity index (χ0) is 14.8. The number of nitrogens with zero attached hydrogens (tertiary/aromatic N) is 4. The van der Waals surface area contributed by atoms with Crippen molar-refractivity contribution in [1.29, 1.82) is 0 Å². The van der Waals surface area contributed by atoms with Crippen LogP contribution in [0, 0.1) is 0 Å². The highest BCUT2D eigenvalue weighted by Crippen LogP contribution is 2.31. The summed E-state index contributed by atoms with van der Waals surface area (Å²) < 4.78 is 1.86. The molecule has 0 saturated heterocycles. The fourth-order valence-electron chi connectivity index (χ4n) is 1.83. The molecule has 3 rings (SSSR count). The van der Waals surface area contributed by atoms with Crippen molar-refractivity contribution in [2.24, 2.45) is 10.9 Å². The van der Waals surface area contributed by atoms with Crippen molar-refractivity contribution in [3.8, 4) is 0 Å². The van der Waals surface area contributed by atoms with E-state index in [9.17, 15) is 0 Å². The third-order valence-electron chi connectivity index (χ3n) is 2.81. The second-order valence-electron chi connectivity index (χ2n) is 4.14. The van der Waals surface area contributed by atoms with Crippen LogP contribution < -0.4 is 5.73 Å². The average Bonchev–Trinajstić information content (AvgIpc) is 2.91. The van der Waals surface area contributed by atoms with Crippen molar-refractivity contribution < 1.29 is 5.21 Å². The Bertz CT molecular complexity index is 832. The van der Waals surface area contributed by atoms with E-state index < -0.39 is 0 Å². The number of hydrogen-bond acceptors (Lipinski definition) is 5. The summed E-state index contributed by atoms with van der Waals surface area (Å²) in [5, 5.41) is 21.3. The molecule has 0 radical (unpaired) electrons. The van der Waals surface area contributed by atoms with Crippen LogP contribution in [0.1, 0.15) is 5.56 Å². The van der Waals surface area contributed by atoms with Gasteiger partial charge in [0.05, 0.1) is 0 Å². The molecular formula is C13H10ClN5OS. The third-order valence-corrected chi connectivity index (χ3v) is 4.08. The summed E-state index contributed by atoms with van der Waals surface area (Å²) in [7, 11) is 0. The van der Waals surface area contributed by atoms with Crippen LogP contribution in [0.5, 0.6) is 0 Å². The third kappa shape index (κ3) is 2.65.